The molecule has 7 heteroatoms. The molecule has 3 rings (SSSR count). The van der Waals surface area contributed by atoms with E-state index < -0.39 is 28.7 Å². The highest BCUT2D eigenvalue weighted by Gasteiger charge is 2.49. The molecule has 0 amide bonds. The van der Waals surface area contributed by atoms with E-state index in [4.69, 9.17) is 5.10 Å². The number of aryl methyl sites for hydroxylation is 1. The quantitative estimate of drug-likeness (QED) is 0.588. The lowest BCUT2D eigenvalue weighted by Gasteiger charge is -2.43. The number of rotatable bonds is 7. The Labute approximate surface area is 177 Å². The van der Waals surface area contributed by atoms with E-state index in [1.807, 2.05) is 20.8 Å². The largest absolute Gasteiger partial charge is 0.267 e. The molecule has 1 aromatic rings. The lowest BCUT2D eigenvalue weighted by Crippen LogP contribution is -2.51. The van der Waals surface area contributed by atoms with E-state index >= 15 is 0 Å². The van der Waals surface area contributed by atoms with Crippen molar-refractivity contribution in [3.63, 3.8) is 0 Å². The summed E-state index contributed by atoms with van der Waals surface area (Å²) in [5.41, 5.74) is 2.42. The first-order chi connectivity index (χ1) is 13.5. The van der Waals surface area contributed by atoms with Crippen LogP contribution in [0.15, 0.2) is 6.07 Å². The van der Waals surface area contributed by atoms with Crippen LogP contribution in [0.1, 0.15) is 90.6 Å². The Bertz CT molecular complexity index is 714. The molecule has 1 aromatic heterocycles. The molecule has 2 bridgehead atoms. The van der Waals surface area contributed by atoms with E-state index in [-0.39, 0.29) is 6.04 Å². The summed E-state index contributed by atoms with van der Waals surface area (Å²) >= 11 is 0. The smallest absolute Gasteiger partial charge is 0.252 e. The molecule has 3 atom stereocenters. The fourth-order valence-electron chi connectivity index (χ4n) is 5.35. The summed E-state index contributed by atoms with van der Waals surface area (Å²) in [7, 11) is -1.42. The molecular formula is C22H37F2N3OS. The number of aromatic nitrogens is 2. The topological polar surface area (TPSA) is 38.1 Å². The van der Waals surface area contributed by atoms with Gasteiger partial charge >= 0.3 is 0 Å². The zero-order valence-corrected chi connectivity index (χ0v) is 19.5. The van der Waals surface area contributed by atoms with Gasteiger partial charge in [0.15, 0.2) is 0 Å². The van der Waals surface area contributed by atoms with Gasteiger partial charge < -0.3 is 0 Å². The first-order valence-corrected chi connectivity index (χ1v) is 12.2. The standard InChI is InChI=1S/C22H37F2N3OS/c1-7-18-12-19(27(25-18)14(2)3)17-10-15-8-9-16(11-17)21(15)26(13-20(23)24)29(28)22(4,5)6/h12,14-17,20-21H,7-11,13H2,1-6H3. The van der Waals surface area contributed by atoms with Gasteiger partial charge in [0, 0.05) is 23.7 Å². The molecule has 2 fully saturated rings. The Morgan fingerprint density at radius 2 is 1.83 bits per heavy atom. The van der Waals surface area contributed by atoms with E-state index in [0.717, 1.165) is 37.8 Å². The third-order valence-electron chi connectivity index (χ3n) is 6.52. The second kappa shape index (κ2) is 8.74. The van der Waals surface area contributed by atoms with E-state index in [2.05, 4.69) is 31.5 Å². The van der Waals surface area contributed by atoms with Crippen molar-refractivity contribution >= 4 is 11.0 Å². The summed E-state index contributed by atoms with van der Waals surface area (Å²) in [4.78, 5) is 0. The van der Waals surface area contributed by atoms with Crippen LogP contribution in [0, 0.1) is 11.8 Å². The van der Waals surface area contributed by atoms with Crippen LogP contribution in [0.4, 0.5) is 8.78 Å². The average molecular weight is 430 g/mol. The fraction of sp³-hybridized carbons (Fsp3) is 0.864. The van der Waals surface area contributed by atoms with Crippen LogP contribution in [0.2, 0.25) is 0 Å². The number of hydrogen-bond acceptors (Lipinski definition) is 2. The molecule has 2 aliphatic carbocycles. The van der Waals surface area contributed by atoms with Gasteiger partial charge in [-0.2, -0.15) is 5.10 Å². The summed E-state index contributed by atoms with van der Waals surface area (Å²) in [5, 5.41) is 4.79. The lowest BCUT2D eigenvalue weighted by atomic mass is 9.75. The second-order valence-corrected chi connectivity index (χ2v) is 12.3. The lowest BCUT2D eigenvalue weighted by molar-refractivity contribution is 0.0762. The minimum absolute atomic E-state index is 0.00127. The van der Waals surface area contributed by atoms with Crippen molar-refractivity contribution < 1.29 is 13.0 Å². The maximum absolute atomic E-state index is 13.4. The molecule has 0 N–H and O–H groups in total. The van der Waals surface area contributed by atoms with Gasteiger partial charge in [0.05, 0.1) is 17.0 Å². The maximum Gasteiger partial charge on any atom is 0.252 e. The Morgan fingerprint density at radius 1 is 1.24 bits per heavy atom. The molecule has 0 spiro atoms. The second-order valence-electron chi connectivity index (χ2n) is 10.1. The summed E-state index contributed by atoms with van der Waals surface area (Å²) in [6.07, 6.45) is 2.50. The first kappa shape index (κ1) is 22.9. The molecule has 29 heavy (non-hydrogen) atoms. The zero-order chi connectivity index (χ0) is 21.5. The monoisotopic (exact) mass is 429 g/mol. The van der Waals surface area contributed by atoms with E-state index in [1.165, 1.54) is 5.69 Å². The predicted octanol–water partition coefficient (Wildman–Crippen LogP) is 5.33. The summed E-state index contributed by atoms with van der Waals surface area (Å²) < 4.78 is 43.2. The van der Waals surface area contributed by atoms with Gasteiger partial charge in [-0.05, 0) is 84.6 Å². The third-order valence-corrected chi connectivity index (χ3v) is 8.39. The van der Waals surface area contributed by atoms with Crippen LogP contribution in [-0.4, -0.2) is 42.1 Å². The SMILES string of the molecule is CCc1cc(C2CC3CCC(C2)C3N(CC(F)F)S(=O)C(C)(C)C)n(C(C)C)n1. The Kier molecular flexibility index (Phi) is 6.88. The van der Waals surface area contributed by atoms with Crippen molar-refractivity contribution in [2.75, 3.05) is 6.54 Å². The van der Waals surface area contributed by atoms with Crippen molar-refractivity contribution in [1.29, 1.82) is 0 Å². The molecule has 0 aliphatic heterocycles. The first-order valence-electron chi connectivity index (χ1n) is 11.1. The van der Waals surface area contributed by atoms with Crippen LogP contribution >= 0.6 is 0 Å². The van der Waals surface area contributed by atoms with E-state index in [0.29, 0.717) is 23.8 Å². The number of alkyl halides is 2. The predicted molar refractivity (Wildman–Crippen MR) is 115 cm³/mol. The zero-order valence-electron chi connectivity index (χ0n) is 18.7. The van der Waals surface area contributed by atoms with Crippen LogP contribution in [-0.2, 0) is 17.4 Å². The van der Waals surface area contributed by atoms with Crippen LogP contribution in [0.3, 0.4) is 0 Å². The molecule has 2 saturated carbocycles. The number of hydrogen-bond donors (Lipinski definition) is 0. The Balaban J connectivity index is 1.86. The van der Waals surface area contributed by atoms with Crippen molar-refractivity contribution in [2.24, 2.45) is 11.8 Å². The molecule has 166 valence electrons. The number of fused-ring (bicyclic) bond motifs is 2. The summed E-state index contributed by atoms with van der Waals surface area (Å²) in [6.45, 7) is 11.7. The van der Waals surface area contributed by atoms with Crippen molar-refractivity contribution in [2.45, 2.75) is 103 Å². The van der Waals surface area contributed by atoms with Crippen LogP contribution in [0.25, 0.3) is 0 Å². The number of nitrogens with zero attached hydrogens (tertiary/aromatic N) is 3. The maximum atomic E-state index is 13.4. The average Bonchev–Trinajstić information content (AvgIpc) is 3.17. The van der Waals surface area contributed by atoms with Crippen molar-refractivity contribution in [3.8, 4) is 0 Å². The van der Waals surface area contributed by atoms with Crippen molar-refractivity contribution in [3.05, 3.63) is 17.5 Å². The van der Waals surface area contributed by atoms with Crippen LogP contribution in [0.5, 0.6) is 0 Å². The molecule has 0 aromatic carbocycles. The van der Waals surface area contributed by atoms with Gasteiger partial charge in [0.1, 0.15) is 11.0 Å². The summed E-state index contributed by atoms with van der Waals surface area (Å²) in [6, 6.07) is 2.56. The molecule has 3 unspecified atom stereocenters. The highest BCUT2D eigenvalue weighted by molar-refractivity contribution is 7.84. The highest BCUT2D eigenvalue weighted by atomic mass is 32.2. The fourth-order valence-corrected chi connectivity index (χ4v) is 6.87. The molecule has 2 aliphatic rings. The van der Waals surface area contributed by atoms with Gasteiger partial charge in [-0.25, -0.2) is 17.3 Å². The van der Waals surface area contributed by atoms with Gasteiger partial charge in [0.25, 0.3) is 6.43 Å². The van der Waals surface area contributed by atoms with Gasteiger partial charge in [-0.15, -0.1) is 0 Å². The highest BCUT2D eigenvalue weighted by Crippen LogP contribution is 2.51. The third kappa shape index (κ3) is 4.76. The molecule has 4 nitrogen and oxygen atoms in total. The van der Waals surface area contributed by atoms with Gasteiger partial charge in [0.2, 0.25) is 0 Å². The minimum atomic E-state index is -2.46. The molecule has 1 heterocycles. The Morgan fingerprint density at radius 3 is 2.28 bits per heavy atom. The summed E-state index contributed by atoms with van der Waals surface area (Å²) in [5.74, 6) is 1.06. The normalized spacial score (nSPS) is 28.7. The van der Waals surface area contributed by atoms with E-state index in [1.54, 1.807) is 4.31 Å². The van der Waals surface area contributed by atoms with Gasteiger partial charge in [-0.1, -0.05) is 6.92 Å². The van der Waals surface area contributed by atoms with Gasteiger partial charge in [-0.3, -0.25) is 4.68 Å². The Hall–Kier alpha value is -0.820. The minimum Gasteiger partial charge on any atom is -0.267 e. The van der Waals surface area contributed by atoms with Crippen molar-refractivity contribution in [1.82, 2.24) is 14.1 Å². The van der Waals surface area contributed by atoms with E-state index in [9.17, 15) is 13.0 Å². The number of halogens is 2. The molecule has 0 radical (unpaired) electrons. The molecular weight excluding hydrogens is 392 g/mol. The van der Waals surface area contributed by atoms with Crippen LogP contribution < -0.4 is 0 Å². The molecule has 0 saturated heterocycles.